The van der Waals surface area contributed by atoms with Gasteiger partial charge in [-0.05, 0) is 24.3 Å². The third kappa shape index (κ3) is 3.78. The summed E-state index contributed by atoms with van der Waals surface area (Å²) in [5, 5.41) is 4.32. The third-order valence-corrected chi connectivity index (χ3v) is 4.31. The van der Waals surface area contributed by atoms with Gasteiger partial charge in [-0.25, -0.2) is 0 Å². The average Bonchev–Trinajstić information content (AvgIpc) is 3.01. The molecule has 0 radical (unpaired) electrons. The van der Waals surface area contributed by atoms with E-state index in [2.05, 4.69) is 10.3 Å². The first kappa shape index (κ1) is 17.3. The van der Waals surface area contributed by atoms with Crippen molar-refractivity contribution < 1.29 is 9.59 Å². The van der Waals surface area contributed by atoms with Crippen LogP contribution in [-0.2, 0) is 4.79 Å². The van der Waals surface area contributed by atoms with E-state index in [4.69, 9.17) is 23.2 Å². The fourth-order valence-electron chi connectivity index (χ4n) is 2.52. The number of nitrogens with zero attached hydrogens (tertiary/aromatic N) is 1. The Morgan fingerprint density at radius 1 is 1.16 bits per heavy atom. The molecule has 3 aromatic rings. The van der Waals surface area contributed by atoms with Gasteiger partial charge in [0.05, 0.1) is 22.8 Å². The van der Waals surface area contributed by atoms with Gasteiger partial charge in [-0.2, -0.15) is 0 Å². The zero-order valence-electron chi connectivity index (χ0n) is 13.3. The van der Waals surface area contributed by atoms with Crippen molar-refractivity contribution in [1.82, 2.24) is 9.88 Å². The van der Waals surface area contributed by atoms with Gasteiger partial charge in [0.2, 0.25) is 5.91 Å². The first-order valence-electron chi connectivity index (χ1n) is 7.52. The first-order valence-corrected chi connectivity index (χ1v) is 8.28. The third-order valence-electron chi connectivity index (χ3n) is 3.75. The number of H-pyrrole nitrogens is 1. The minimum atomic E-state index is -0.361. The Labute approximate surface area is 154 Å². The summed E-state index contributed by atoms with van der Waals surface area (Å²) in [5.41, 5.74) is 1.80. The Morgan fingerprint density at radius 3 is 2.72 bits per heavy atom. The molecule has 2 amide bonds. The number of para-hydroxylation sites is 1. The molecule has 128 valence electrons. The number of carbonyl (C=O) groups excluding carboxylic acids is 2. The summed E-state index contributed by atoms with van der Waals surface area (Å²) in [7, 11) is 1.57. The molecule has 2 aromatic carbocycles. The normalized spacial score (nSPS) is 10.7. The number of fused-ring (bicyclic) bond motifs is 1. The van der Waals surface area contributed by atoms with Gasteiger partial charge in [0.1, 0.15) is 0 Å². The summed E-state index contributed by atoms with van der Waals surface area (Å²) < 4.78 is 0. The standard InChI is InChI=1S/C18H15Cl2N3O2/c1-23(10-17(24)22-16-8-11(19)6-7-14(16)20)18(25)13-9-21-15-5-3-2-4-12(13)15/h2-9,21H,10H2,1H3,(H,22,24). The molecule has 0 bridgehead atoms. The second kappa shape index (κ2) is 7.17. The van der Waals surface area contributed by atoms with Gasteiger partial charge >= 0.3 is 0 Å². The highest BCUT2D eigenvalue weighted by Gasteiger charge is 2.18. The number of amides is 2. The number of benzene rings is 2. The molecule has 0 fully saturated rings. The molecule has 7 heteroatoms. The topological polar surface area (TPSA) is 65.2 Å². The zero-order valence-corrected chi connectivity index (χ0v) is 14.9. The van der Waals surface area contributed by atoms with E-state index >= 15 is 0 Å². The Morgan fingerprint density at radius 2 is 1.92 bits per heavy atom. The van der Waals surface area contributed by atoms with Crippen molar-refractivity contribution in [3.8, 4) is 0 Å². The highest BCUT2D eigenvalue weighted by molar-refractivity contribution is 6.35. The van der Waals surface area contributed by atoms with Gasteiger partial charge in [0.25, 0.3) is 5.91 Å². The number of carbonyl (C=O) groups is 2. The first-order chi connectivity index (χ1) is 12.0. The molecular weight excluding hydrogens is 361 g/mol. The zero-order chi connectivity index (χ0) is 18.0. The lowest BCUT2D eigenvalue weighted by atomic mass is 10.1. The number of halogens is 2. The smallest absolute Gasteiger partial charge is 0.256 e. The van der Waals surface area contributed by atoms with Crippen LogP contribution in [0.2, 0.25) is 10.0 Å². The molecule has 0 aliphatic heterocycles. The second-order valence-electron chi connectivity index (χ2n) is 5.58. The van der Waals surface area contributed by atoms with E-state index in [9.17, 15) is 9.59 Å². The maximum Gasteiger partial charge on any atom is 0.256 e. The van der Waals surface area contributed by atoms with Crippen molar-refractivity contribution >= 4 is 51.6 Å². The van der Waals surface area contributed by atoms with Gasteiger partial charge < -0.3 is 15.2 Å². The highest BCUT2D eigenvalue weighted by atomic mass is 35.5. The maximum atomic E-state index is 12.6. The highest BCUT2D eigenvalue weighted by Crippen LogP contribution is 2.25. The number of likely N-dealkylation sites (N-methyl/N-ethyl adjacent to an activating group) is 1. The number of aromatic amines is 1. The van der Waals surface area contributed by atoms with Crippen LogP contribution < -0.4 is 5.32 Å². The maximum absolute atomic E-state index is 12.6. The Hall–Kier alpha value is -2.50. The largest absolute Gasteiger partial charge is 0.360 e. The molecule has 0 atom stereocenters. The van der Waals surface area contributed by atoms with Crippen molar-refractivity contribution in [3.05, 3.63) is 64.3 Å². The van der Waals surface area contributed by atoms with Crippen molar-refractivity contribution in [2.75, 3.05) is 18.9 Å². The van der Waals surface area contributed by atoms with E-state index in [1.165, 1.54) is 4.90 Å². The van der Waals surface area contributed by atoms with Crippen molar-refractivity contribution in [2.45, 2.75) is 0 Å². The van der Waals surface area contributed by atoms with Crippen LogP contribution in [0.5, 0.6) is 0 Å². The van der Waals surface area contributed by atoms with Gasteiger partial charge in [-0.15, -0.1) is 0 Å². The van der Waals surface area contributed by atoms with Crippen molar-refractivity contribution in [3.63, 3.8) is 0 Å². The van der Waals surface area contributed by atoms with Crippen LogP contribution in [0, 0.1) is 0 Å². The summed E-state index contributed by atoms with van der Waals surface area (Å²) in [6.45, 7) is -0.110. The van der Waals surface area contributed by atoms with E-state index in [-0.39, 0.29) is 18.4 Å². The van der Waals surface area contributed by atoms with E-state index < -0.39 is 0 Å². The average molecular weight is 376 g/mol. The van der Waals surface area contributed by atoms with Crippen LogP contribution >= 0.6 is 23.2 Å². The van der Waals surface area contributed by atoms with Gasteiger partial charge in [-0.3, -0.25) is 9.59 Å². The predicted molar refractivity (Wildman–Crippen MR) is 100 cm³/mol. The number of hydrogen-bond donors (Lipinski definition) is 2. The number of hydrogen-bond acceptors (Lipinski definition) is 2. The molecule has 3 rings (SSSR count). The molecule has 2 N–H and O–H groups in total. The van der Waals surface area contributed by atoms with E-state index in [1.54, 1.807) is 31.4 Å². The number of aromatic nitrogens is 1. The molecule has 0 aliphatic rings. The fraction of sp³-hybridized carbons (Fsp3) is 0.111. The summed E-state index contributed by atoms with van der Waals surface area (Å²) >= 11 is 11.9. The van der Waals surface area contributed by atoms with Crippen molar-refractivity contribution in [2.24, 2.45) is 0 Å². The summed E-state index contributed by atoms with van der Waals surface area (Å²) in [4.78, 5) is 29.2. The minimum absolute atomic E-state index is 0.110. The molecule has 0 spiro atoms. The molecule has 0 aliphatic carbocycles. The lowest BCUT2D eigenvalue weighted by molar-refractivity contribution is -0.116. The van der Waals surface area contributed by atoms with Crippen LogP contribution in [0.15, 0.2) is 48.7 Å². The van der Waals surface area contributed by atoms with Crippen LogP contribution in [0.4, 0.5) is 5.69 Å². The molecule has 0 saturated carbocycles. The predicted octanol–water partition coefficient (Wildman–Crippen LogP) is 4.19. The number of rotatable bonds is 4. The fourth-order valence-corrected chi connectivity index (χ4v) is 2.86. The Balaban J connectivity index is 1.71. The summed E-state index contributed by atoms with van der Waals surface area (Å²) in [6, 6.07) is 12.3. The lowest BCUT2D eigenvalue weighted by Crippen LogP contribution is -2.34. The van der Waals surface area contributed by atoms with Gasteiger partial charge in [0.15, 0.2) is 0 Å². The Bertz CT molecular complexity index is 952. The van der Waals surface area contributed by atoms with Crippen LogP contribution in [0.25, 0.3) is 10.9 Å². The minimum Gasteiger partial charge on any atom is -0.360 e. The molecule has 25 heavy (non-hydrogen) atoms. The molecule has 1 aromatic heterocycles. The molecule has 0 unspecified atom stereocenters. The molecule has 0 saturated heterocycles. The van der Waals surface area contributed by atoms with E-state index in [0.29, 0.717) is 21.3 Å². The number of nitrogens with one attached hydrogen (secondary N) is 2. The van der Waals surface area contributed by atoms with Crippen LogP contribution in [0.1, 0.15) is 10.4 Å². The van der Waals surface area contributed by atoms with Crippen LogP contribution in [0.3, 0.4) is 0 Å². The van der Waals surface area contributed by atoms with Crippen molar-refractivity contribution in [1.29, 1.82) is 0 Å². The Kier molecular flexibility index (Phi) is 4.97. The SMILES string of the molecule is CN(CC(=O)Nc1cc(Cl)ccc1Cl)C(=O)c1c[nH]c2ccccc12. The molecule has 1 heterocycles. The van der Waals surface area contributed by atoms with E-state index in [0.717, 1.165) is 10.9 Å². The molecular formula is C18H15Cl2N3O2. The van der Waals surface area contributed by atoms with Gasteiger partial charge in [0, 0.05) is 29.2 Å². The molecule has 5 nitrogen and oxygen atoms in total. The quantitative estimate of drug-likeness (QED) is 0.717. The summed E-state index contributed by atoms with van der Waals surface area (Å²) in [6.07, 6.45) is 1.65. The monoisotopic (exact) mass is 375 g/mol. The van der Waals surface area contributed by atoms with E-state index in [1.807, 2.05) is 24.3 Å². The lowest BCUT2D eigenvalue weighted by Gasteiger charge is -2.17. The number of anilines is 1. The second-order valence-corrected chi connectivity index (χ2v) is 6.43. The van der Waals surface area contributed by atoms with Crippen LogP contribution in [-0.4, -0.2) is 35.3 Å². The summed E-state index contributed by atoms with van der Waals surface area (Å²) in [5.74, 6) is -0.607. The van der Waals surface area contributed by atoms with Gasteiger partial charge in [-0.1, -0.05) is 41.4 Å².